The SMILES string of the molecule is N#Cc1c(N2CCOCC2)sc(C(=O)O)c1Cc1ccc2cc(F)ccc2c1. The van der Waals surface area contributed by atoms with E-state index in [1.807, 2.05) is 23.1 Å². The molecule has 1 fully saturated rings. The number of benzene rings is 2. The Morgan fingerprint density at radius 2 is 1.93 bits per heavy atom. The number of fused-ring (bicyclic) bond motifs is 1. The summed E-state index contributed by atoms with van der Waals surface area (Å²) in [6, 6.07) is 12.3. The van der Waals surface area contributed by atoms with Crippen molar-refractivity contribution in [1.82, 2.24) is 0 Å². The number of nitrogens with zero attached hydrogens (tertiary/aromatic N) is 2. The van der Waals surface area contributed by atoms with Gasteiger partial charge in [-0.3, -0.25) is 0 Å². The maximum atomic E-state index is 13.4. The molecule has 28 heavy (non-hydrogen) atoms. The molecule has 1 N–H and O–H groups in total. The minimum Gasteiger partial charge on any atom is -0.477 e. The van der Waals surface area contributed by atoms with Crippen molar-refractivity contribution in [2.75, 3.05) is 31.2 Å². The van der Waals surface area contributed by atoms with Crippen LogP contribution in [0.2, 0.25) is 0 Å². The number of anilines is 1. The maximum Gasteiger partial charge on any atom is 0.346 e. The van der Waals surface area contributed by atoms with Gasteiger partial charge in [0.2, 0.25) is 0 Å². The zero-order valence-electron chi connectivity index (χ0n) is 14.9. The Balaban J connectivity index is 1.76. The summed E-state index contributed by atoms with van der Waals surface area (Å²) in [6.45, 7) is 2.38. The number of morpholine rings is 1. The van der Waals surface area contributed by atoms with Gasteiger partial charge in [-0.05, 0) is 28.5 Å². The summed E-state index contributed by atoms with van der Waals surface area (Å²) in [5.41, 5.74) is 1.83. The van der Waals surface area contributed by atoms with Crippen LogP contribution >= 0.6 is 11.3 Å². The highest BCUT2D eigenvalue weighted by Gasteiger charge is 2.26. The molecular formula is C21H17FN2O3S. The van der Waals surface area contributed by atoms with Gasteiger partial charge >= 0.3 is 5.97 Å². The van der Waals surface area contributed by atoms with Crippen LogP contribution in [0.25, 0.3) is 10.8 Å². The van der Waals surface area contributed by atoms with Crippen molar-refractivity contribution in [3.05, 3.63) is 63.8 Å². The highest BCUT2D eigenvalue weighted by Crippen LogP contribution is 2.37. The van der Waals surface area contributed by atoms with Gasteiger partial charge in [0, 0.05) is 25.1 Å². The lowest BCUT2D eigenvalue weighted by Gasteiger charge is -2.27. The fraction of sp³-hybridized carbons (Fsp3) is 0.238. The third-order valence-electron chi connectivity index (χ3n) is 4.84. The summed E-state index contributed by atoms with van der Waals surface area (Å²) in [6.07, 6.45) is 0.332. The molecule has 0 spiro atoms. The largest absolute Gasteiger partial charge is 0.477 e. The van der Waals surface area contributed by atoms with Gasteiger partial charge in [-0.25, -0.2) is 9.18 Å². The van der Waals surface area contributed by atoms with Gasteiger partial charge < -0.3 is 14.7 Å². The monoisotopic (exact) mass is 396 g/mol. The zero-order chi connectivity index (χ0) is 19.7. The normalized spacial score (nSPS) is 14.2. The fourth-order valence-electron chi connectivity index (χ4n) is 3.48. The number of carboxylic acids is 1. The number of aromatic carboxylic acids is 1. The van der Waals surface area contributed by atoms with E-state index in [4.69, 9.17) is 4.74 Å². The molecular weight excluding hydrogens is 379 g/mol. The van der Waals surface area contributed by atoms with Crippen LogP contribution in [0.1, 0.15) is 26.4 Å². The summed E-state index contributed by atoms with van der Waals surface area (Å²) >= 11 is 1.15. The van der Waals surface area contributed by atoms with E-state index >= 15 is 0 Å². The Kier molecular flexibility index (Phi) is 4.99. The van der Waals surface area contributed by atoms with Gasteiger partial charge in [0.05, 0.1) is 18.8 Å². The zero-order valence-corrected chi connectivity index (χ0v) is 15.8. The van der Waals surface area contributed by atoms with Gasteiger partial charge in [-0.2, -0.15) is 5.26 Å². The standard InChI is InChI=1S/C21H17FN2O3S/c22-16-4-3-14-9-13(1-2-15(14)11-16)10-17-18(12-23)20(28-19(17)21(25)26)24-5-7-27-8-6-24/h1-4,9,11H,5-8,10H2,(H,25,26). The summed E-state index contributed by atoms with van der Waals surface area (Å²) in [4.78, 5) is 14.1. The molecule has 0 saturated carbocycles. The van der Waals surface area contributed by atoms with E-state index in [0.29, 0.717) is 48.9 Å². The maximum absolute atomic E-state index is 13.4. The van der Waals surface area contributed by atoms with Gasteiger partial charge in [0.25, 0.3) is 0 Å². The summed E-state index contributed by atoms with van der Waals surface area (Å²) in [5.74, 6) is -1.33. The quantitative estimate of drug-likeness (QED) is 0.721. The van der Waals surface area contributed by atoms with E-state index in [1.54, 1.807) is 6.07 Å². The number of rotatable bonds is 4. The van der Waals surface area contributed by atoms with Crippen LogP contribution < -0.4 is 4.90 Å². The van der Waals surface area contributed by atoms with Crippen LogP contribution in [0.3, 0.4) is 0 Å². The average Bonchev–Trinajstić information content (AvgIpc) is 3.07. The molecule has 1 aliphatic rings. The van der Waals surface area contributed by atoms with E-state index in [-0.39, 0.29) is 10.7 Å². The first-order valence-electron chi connectivity index (χ1n) is 8.87. The van der Waals surface area contributed by atoms with Gasteiger partial charge in [0.1, 0.15) is 21.8 Å². The molecule has 0 unspecified atom stereocenters. The lowest BCUT2D eigenvalue weighted by molar-refractivity contribution is 0.0701. The molecule has 0 atom stereocenters. The number of ether oxygens (including phenoxy) is 1. The summed E-state index contributed by atoms with van der Waals surface area (Å²) in [7, 11) is 0. The van der Waals surface area contributed by atoms with Crippen LogP contribution in [0.15, 0.2) is 36.4 Å². The van der Waals surface area contributed by atoms with Crippen molar-refractivity contribution in [1.29, 1.82) is 5.26 Å². The molecule has 4 rings (SSSR count). The number of carbonyl (C=O) groups is 1. The average molecular weight is 396 g/mol. The minimum absolute atomic E-state index is 0.192. The molecule has 5 nitrogen and oxygen atoms in total. The Hall–Kier alpha value is -2.95. The highest BCUT2D eigenvalue weighted by molar-refractivity contribution is 7.18. The number of hydrogen-bond acceptors (Lipinski definition) is 5. The van der Waals surface area contributed by atoms with Crippen molar-refractivity contribution >= 4 is 33.1 Å². The molecule has 1 saturated heterocycles. The van der Waals surface area contributed by atoms with E-state index in [1.165, 1.54) is 12.1 Å². The van der Waals surface area contributed by atoms with Crippen molar-refractivity contribution in [2.24, 2.45) is 0 Å². The number of thiophene rings is 1. The molecule has 3 aromatic rings. The van der Waals surface area contributed by atoms with Crippen LogP contribution in [0.4, 0.5) is 9.39 Å². The second-order valence-electron chi connectivity index (χ2n) is 6.61. The predicted octanol–water partition coefficient (Wildman–Crippen LogP) is 4.04. The van der Waals surface area contributed by atoms with Crippen LogP contribution in [0.5, 0.6) is 0 Å². The summed E-state index contributed by atoms with van der Waals surface area (Å²) in [5, 5.41) is 21.8. The second kappa shape index (κ2) is 7.58. The van der Waals surface area contributed by atoms with Gasteiger partial charge in [0.15, 0.2) is 0 Å². The van der Waals surface area contributed by atoms with Gasteiger partial charge in [-0.15, -0.1) is 11.3 Å². The molecule has 7 heteroatoms. The Bertz CT molecular complexity index is 1100. The number of halogens is 1. The lowest BCUT2D eigenvalue weighted by Crippen LogP contribution is -2.36. The Morgan fingerprint density at radius 3 is 2.64 bits per heavy atom. The lowest BCUT2D eigenvalue weighted by atomic mass is 9.98. The molecule has 2 heterocycles. The van der Waals surface area contributed by atoms with Gasteiger partial charge in [-0.1, -0.05) is 24.3 Å². The molecule has 0 amide bonds. The minimum atomic E-state index is -1.03. The first-order chi connectivity index (χ1) is 13.6. The Morgan fingerprint density at radius 1 is 1.21 bits per heavy atom. The van der Waals surface area contributed by atoms with Crippen molar-refractivity contribution in [2.45, 2.75) is 6.42 Å². The van der Waals surface area contributed by atoms with Crippen LogP contribution in [0, 0.1) is 17.1 Å². The smallest absolute Gasteiger partial charge is 0.346 e. The first kappa shape index (κ1) is 18.4. The summed E-state index contributed by atoms with van der Waals surface area (Å²) < 4.78 is 18.8. The van der Waals surface area contributed by atoms with E-state index in [2.05, 4.69) is 6.07 Å². The predicted molar refractivity (Wildman–Crippen MR) is 106 cm³/mol. The highest BCUT2D eigenvalue weighted by atomic mass is 32.1. The topological polar surface area (TPSA) is 73.6 Å². The number of carboxylic acid groups (broad SMARTS) is 1. The van der Waals surface area contributed by atoms with Crippen LogP contribution in [-0.4, -0.2) is 37.4 Å². The van der Waals surface area contributed by atoms with Crippen molar-refractivity contribution < 1.29 is 19.0 Å². The molecule has 0 bridgehead atoms. The van der Waals surface area contributed by atoms with E-state index < -0.39 is 5.97 Å². The third-order valence-corrected chi connectivity index (χ3v) is 6.12. The first-order valence-corrected chi connectivity index (χ1v) is 9.68. The molecule has 2 aromatic carbocycles. The Labute approximate surface area is 165 Å². The molecule has 0 radical (unpaired) electrons. The molecule has 0 aliphatic carbocycles. The van der Waals surface area contributed by atoms with Crippen molar-refractivity contribution in [3.63, 3.8) is 0 Å². The number of hydrogen-bond donors (Lipinski definition) is 1. The van der Waals surface area contributed by atoms with Crippen molar-refractivity contribution in [3.8, 4) is 6.07 Å². The third kappa shape index (κ3) is 3.44. The molecule has 1 aromatic heterocycles. The number of nitriles is 1. The second-order valence-corrected chi connectivity index (χ2v) is 7.61. The fourth-order valence-corrected chi connectivity index (χ4v) is 4.64. The van der Waals surface area contributed by atoms with E-state index in [0.717, 1.165) is 27.7 Å². The molecule has 142 valence electrons. The van der Waals surface area contributed by atoms with E-state index in [9.17, 15) is 19.6 Å². The molecule has 1 aliphatic heterocycles. The van der Waals surface area contributed by atoms with Crippen LogP contribution in [-0.2, 0) is 11.2 Å².